The van der Waals surface area contributed by atoms with Crippen molar-refractivity contribution in [1.82, 2.24) is 19.7 Å². The van der Waals surface area contributed by atoms with Gasteiger partial charge in [0.2, 0.25) is 5.91 Å². The van der Waals surface area contributed by atoms with Crippen LogP contribution in [0.4, 0.5) is 13.2 Å². The van der Waals surface area contributed by atoms with Crippen LogP contribution in [0, 0.1) is 5.92 Å². The van der Waals surface area contributed by atoms with Gasteiger partial charge in [-0.25, -0.2) is 9.48 Å². The molecule has 2 aliphatic rings. The van der Waals surface area contributed by atoms with Gasteiger partial charge >= 0.3 is 11.9 Å². The summed E-state index contributed by atoms with van der Waals surface area (Å²) in [5.41, 5.74) is -0.865. The van der Waals surface area contributed by atoms with Gasteiger partial charge in [-0.05, 0) is 43.7 Å². The topological polar surface area (TPSA) is 68.9 Å². The van der Waals surface area contributed by atoms with Crippen LogP contribution in [0.3, 0.4) is 0 Å². The van der Waals surface area contributed by atoms with E-state index >= 15 is 0 Å². The van der Waals surface area contributed by atoms with Crippen LogP contribution in [0.15, 0.2) is 29.1 Å². The molecule has 1 amide bonds. The Balaban J connectivity index is 1.49. The normalized spacial score (nSPS) is 17.4. The predicted octanol–water partition coefficient (Wildman–Crippen LogP) is 3.76. The van der Waals surface area contributed by atoms with Crippen molar-refractivity contribution in [3.05, 3.63) is 40.3 Å². The molecule has 0 bridgehead atoms. The van der Waals surface area contributed by atoms with Gasteiger partial charge in [0.25, 0.3) is 0 Å². The lowest BCUT2D eigenvalue weighted by atomic mass is 10.0. The molecule has 30 heavy (non-hydrogen) atoms. The summed E-state index contributed by atoms with van der Waals surface area (Å²) in [5, 5.41) is 7.14. The van der Waals surface area contributed by atoms with Gasteiger partial charge < -0.3 is 5.32 Å². The van der Waals surface area contributed by atoms with Gasteiger partial charge in [0.15, 0.2) is 5.82 Å². The SMILES string of the molecule is O=C(CC1CCCC1)NCCn1nc(-c2cccc(C(F)(F)F)c2)n(C2CC2)c1=O. The number of alkyl halides is 3. The molecule has 6 nitrogen and oxygen atoms in total. The second-order valence-electron chi connectivity index (χ2n) is 8.21. The van der Waals surface area contributed by atoms with Gasteiger partial charge in [0, 0.05) is 24.6 Å². The highest BCUT2D eigenvalue weighted by atomic mass is 19.4. The van der Waals surface area contributed by atoms with E-state index in [9.17, 15) is 22.8 Å². The number of carbonyl (C=O) groups excluding carboxylic acids is 1. The third kappa shape index (κ3) is 4.60. The van der Waals surface area contributed by atoms with E-state index in [4.69, 9.17) is 0 Å². The Morgan fingerprint density at radius 1 is 1.17 bits per heavy atom. The first kappa shape index (κ1) is 20.7. The Kier molecular flexibility index (Phi) is 5.71. The summed E-state index contributed by atoms with van der Waals surface area (Å²) in [6.07, 6.45) is 2.14. The van der Waals surface area contributed by atoms with Crippen molar-refractivity contribution in [1.29, 1.82) is 0 Å². The predicted molar refractivity (Wildman–Crippen MR) is 105 cm³/mol. The van der Waals surface area contributed by atoms with E-state index in [-0.39, 0.29) is 42.1 Å². The third-order valence-corrected chi connectivity index (χ3v) is 5.83. The first-order valence-electron chi connectivity index (χ1n) is 10.5. The number of hydrogen-bond acceptors (Lipinski definition) is 3. The number of halogens is 3. The number of benzene rings is 1. The van der Waals surface area contributed by atoms with Crippen LogP contribution < -0.4 is 11.0 Å². The number of hydrogen-bond donors (Lipinski definition) is 1. The van der Waals surface area contributed by atoms with Crippen molar-refractivity contribution in [2.24, 2.45) is 5.92 Å². The summed E-state index contributed by atoms with van der Waals surface area (Å²) in [6.45, 7) is 0.441. The van der Waals surface area contributed by atoms with Crippen LogP contribution in [0.25, 0.3) is 11.4 Å². The maximum atomic E-state index is 13.1. The molecule has 0 spiro atoms. The minimum atomic E-state index is -4.47. The smallest absolute Gasteiger partial charge is 0.354 e. The van der Waals surface area contributed by atoms with Crippen LogP contribution in [-0.2, 0) is 17.5 Å². The molecular weight excluding hydrogens is 397 g/mol. The second-order valence-corrected chi connectivity index (χ2v) is 8.21. The molecule has 2 saturated carbocycles. The van der Waals surface area contributed by atoms with E-state index in [0.717, 1.165) is 37.8 Å². The molecule has 0 unspecified atom stereocenters. The molecule has 1 aromatic heterocycles. The molecule has 1 N–H and O–H groups in total. The zero-order chi connectivity index (χ0) is 21.3. The molecule has 9 heteroatoms. The Hall–Kier alpha value is -2.58. The van der Waals surface area contributed by atoms with E-state index in [0.29, 0.717) is 12.3 Å². The molecule has 0 radical (unpaired) electrons. The third-order valence-electron chi connectivity index (χ3n) is 5.83. The van der Waals surface area contributed by atoms with E-state index in [1.54, 1.807) is 0 Å². The first-order chi connectivity index (χ1) is 14.3. The minimum absolute atomic E-state index is 0.0327. The van der Waals surface area contributed by atoms with Crippen molar-refractivity contribution in [2.75, 3.05) is 6.54 Å². The van der Waals surface area contributed by atoms with Crippen LogP contribution in [0.5, 0.6) is 0 Å². The summed E-state index contributed by atoms with van der Waals surface area (Å²) in [5.74, 6) is 0.648. The molecule has 0 aliphatic heterocycles. The number of aromatic nitrogens is 3. The van der Waals surface area contributed by atoms with Crippen molar-refractivity contribution in [2.45, 2.75) is 63.7 Å². The fourth-order valence-corrected chi connectivity index (χ4v) is 4.11. The average Bonchev–Trinajstić information content (AvgIpc) is 3.30. The molecule has 0 atom stereocenters. The maximum absolute atomic E-state index is 13.1. The van der Waals surface area contributed by atoms with E-state index in [1.807, 2.05) is 0 Å². The van der Waals surface area contributed by atoms with Crippen LogP contribution in [0.2, 0.25) is 0 Å². The molecule has 162 valence electrons. The molecule has 1 heterocycles. The lowest BCUT2D eigenvalue weighted by Gasteiger charge is -2.09. The molecule has 2 fully saturated rings. The molecule has 0 saturated heterocycles. The number of nitrogens with zero attached hydrogens (tertiary/aromatic N) is 3. The highest BCUT2D eigenvalue weighted by molar-refractivity contribution is 5.76. The summed E-state index contributed by atoms with van der Waals surface area (Å²) < 4.78 is 42.0. The summed E-state index contributed by atoms with van der Waals surface area (Å²) in [6, 6.07) is 4.84. The standard InChI is InChI=1S/C21H25F3N4O2/c22-21(23,24)16-7-3-6-15(13-16)19-26-27(20(30)28(19)17-8-9-17)11-10-25-18(29)12-14-4-1-2-5-14/h3,6-7,13-14,17H,1-2,4-5,8-12H2,(H,25,29). The van der Waals surface area contributed by atoms with Crippen LogP contribution >= 0.6 is 0 Å². The summed E-state index contributed by atoms with van der Waals surface area (Å²) in [7, 11) is 0. The van der Waals surface area contributed by atoms with Crippen LogP contribution in [-0.4, -0.2) is 26.8 Å². The Labute approximate surface area is 172 Å². The Bertz CT molecular complexity index is 969. The number of rotatable bonds is 7. The van der Waals surface area contributed by atoms with E-state index < -0.39 is 11.7 Å². The van der Waals surface area contributed by atoms with Gasteiger partial charge in [0.1, 0.15) is 0 Å². The largest absolute Gasteiger partial charge is 0.416 e. The second kappa shape index (κ2) is 8.28. The monoisotopic (exact) mass is 422 g/mol. The van der Waals surface area contributed by atoms with E-state index in [2.05, 4.69) is 10.4 Å². The molecule has 2 aromatic rings. The van der Waals surface area contributed by atoms with Gasteiger partial charge in [-0.15, -0.1) is 5.10 Å². The fourth-order valence-electron chi connectivity index (χ4n) is 4.11. The van der Waals surface area contributed by atoms with Gasteiger partial charge in [-0.3, -0.25) is 9.36 Å². The van der Waals surface area contributed by atoms with Crippen LogP contribution in [0.1, 0.15) is 56.6 Å². The van der Waals surface area contributed by atoms with Crippen molar-refractivity contribution in [3.8, 4) is 11.4 Å². The molecule has 2 aliphatic carbocycles. The van der Waals surface area contributed by atoms with Crippen molar-refractivity contribution >= 4 is 5.91 Å². The van der Waals surface area contributed by atoms with E-state index in [1.165, 1.54) is 34.2 Å². The highest BCUT2D eigenvalue weighted by Crippen LogP contribution is 2.37. The zero-order valence-electron chi connectivity index (χ0n) is 16.6. The van der Waals surface area contributed by atoms with Gasteiger partial charge in [0.05, 0.1) is 12.1 Å². The Morgan fingerprint density at radius 3 is 2.57 bits per heavy atom. The number of amides is 1. The van der Waals surface area contributed by atoms with Gasteiger partial charge in [-0.1, -0.05) is 25.0 Å². The lowest BCUT2D eigenvalue weighted by molar-refractivity contribution is -0.137. The zero-order valence-corrected chi connectivity index (χ0v) is 16.6. The quantitative estimate of drug-likeness (QED) is 0.739. The van der Waals surface area contributed by atoms with Gasteiger partial charge in [-0.2, -0.15) is 13.2 Å². The number of nitrogens with one attached hydrogen (secondary N) is 1. The average molecular weight is 422 g/mol. The lowest BCUT2D eigenvalue weighted by Crippen LogP contribution is -2.32. The minimum Gasteiger partial charge on any atom is -0.354 e. The highest BCUT2D eigenvalue weighted by Gasteiger charge is 2.33. The number of carbonyl (C=O) groups is 1. The maximum Gasteiger partial charge on any atom is 0.416 e. The molecule has 4 rings (SSSR count). The molecular formula is C21H25F3N4O2. The Morgan fingerprint density at radius 2 is 1.90 bits per heavy atom. The summed E-state index contributed by atoms with van der Waals surface area (Å²) >= 11 is 0. The molecule has 1 aromatic carbocycles. The fraction of sp³-hybridized carbons (Fsp3) is 0.571. The summed E-state index contributed by atoms with van der Waals surface area (Å²) in [4.78, 5) is 24.9. The van der Waals surface area contributed by atoms with Crippen molar-refractivity contribution in [3.63, 3.8) is 0 Å². The first-order valence-corrected chi connectivity index (χ1v) is 10.5. The van der Waals surface area contributed by atoms with Crippen molar-refractivity contribution < 1.29 is 18.0 Å².